The van der Waals surface area contributed by atoms with E-state index in [2.05, 4.69) is 0 Å². The molecule has 4 nitrogen and oxygen atoms in total. The fourth-order valence-electron chi connectivity index (χ4n) is 2.16. The van der Waals surface area contributed by atoms with Gasteiger partial charge in [-0.05, 0) is 31.4 Å². The lowest BCUT2D eigenvalue weighted by atomic mass is 10.1. The number of benzene rings is 1. The fourth-order valence-corrected chi connectivity index (χ4v) is 3.28. The molecule has 108 valence electrons. The van der Waals surface area contributed by atoms with Gasteiger partial charge in [0, 0.05) is 29.2 Å². The molecule has 0 aliphatic heterocycles. The molecule has 0 amide bonds. The van der Waals surface area contributed by atoms with Crippen molar-refractivity contribution in [2.45, 2.75) is 26.1 Å². The SMILES string of the molecule is CCOC(Cc1cc2ccccc2s1)(OCC)C(=O)O. The maximum atomic E-state index is 11.6. The summed E-state index contributed by atoms with van der Waals surface area (Å²) in [5.74, 6) is -2.68. The third-order valence-electron chi connectivity index (χ3n) is 2.96. The van der Waals surface area contributed by atoms with Crippen molar-refractivity contribution in [3.8, 4) is 0 Å². The first kappa shape index (κ1) is 15.0. The van der Waals surface area contributed by atoms with Crippen LogP contribution in [0.3, 0.4) is 0 Å². The molecule has 5 heteroatoms. The summed E-state index contributed by atoms with van der Waals surface area (Å²) >= 11 is 1.57. The Balaban J connectivity index is 2.32. The second-order valence-electron chi connectivity index (χ2n) is 4.35. The Morgan fingerprint density at radius 1 is 1.25 bits per heavy atom. The number of carboxylic acids is 1. The molecule has 2 aromatic rings. The van der Waals surface area contributed by atoms with Gasteiger partial charge in [0.1, 0.15) is 0 Å². The third-order valence-corrected chi connectivity index (χ3v) is 4.08. The van der Waals surface area contributed by atoms with Gasteiger partial charge in [-0.25, -0.2) is 4.79 Å². The standard InChI is InChI=1S/C15H18O4S/c1-3-18-15(14(16)17,19-4-2)10-12-9-11-7-5-6-8-13(11)20-12/h5-9H,3-4,10H2,1-2H3,(H,16,17). The highest BCUT2D eigenvalue weighted by atomic mass is 32.1. The number of carbonyl (C=O) groups is 1. The minimum atomic E-state index is -1.59. The largest absolute Gasteiger partial charge is 0.477 e. The summed E-state index contributed by atoms with van der Waals surface area (Å²) in [6.07, 6.45) is 0.212. The van der Waals surface area contributed by atoms with E-state index in [0.29, 0.717) is 0 Å². The lowest BCUT2D eigenvalue weighted by Gasteiger charge is -2.28. The van der Waals surface area contributed by atoms with Crippen LogP contribution >= 0.6 is 11.3 Å². The Kier molecular flexibility index (Phi) is 4.75. The van der Waals surface area contributed by atoms with Gasteiger partial charge in [-0.3, -0.25) is 0 Å². The van der Waals surface area contributed by atoms with E-state index in [9.17, 15) is 9.90 Å². The number of ether oxygens (including phenoxy) is 2. The van der Waals surface area contributed by atoms with E-state index >= 15 is 0 Å². The highest BCUT2D eigenvalue weighted by Crippen LogP contribution is 2.30. The van der Waals surface area contributed by atoms with Crippen LogP contribution < -0.4 is 0 Å². The van der Waals surface area contributed by atoms with Crippen LogP contribution in [0.15, 0.2) is 30.3 Å². The molecule has 0 atom stereocenters. The van der Waals surface area contributed by atoms with Crippen molar-refractivity contribution in [2.24, 2.45) is 0 Å². The van der Waals surface area contributed by atoms with Crippen LogP contribution in [-0.2, 0) is 20.7 Å². The smallest absolute Gasteiger partial charge is 0.364 e. The number of fused-ring (bicyclic) bond motifs is 1. The average Bonchev–Trinajstić information content (AvgIpc) is 2.80. The highest BCUT2D eigenvalue weighted by molar-refractivity contribution is 7.19. The van der Waals surface area contributed by atoms with Crippen molar-refractivity contribution in [1.29, 1.82) is 0 Å². The van der Waals surface area contributed by atoms with E-state index in [1.54, 1.807) is 25.2 Å². The van der Waals surface area contributed by atoms with Crippen molar-refractivity contribution in [2.75, 3.05) is 13.2 Å². The van der Waals surface area contributed by atoms with Gasteiger partial charge in [-0.1, -0.05) is 18.2 Å². The molecule has 20 heavy (non-hydrogen) atoms. The molecule has 1 N–H and O–H groups in total. The summed E-state index contributed by atoms with van der Waals surface area (Å²) in [6.45, 7) is 4.11. The molecule has 0 aliphatic carbocycles. The van der Waals surface area contributed by atoms with Crippen molar-refractivity contribution in [3.63, 3.8) is 0 Å². The van der Waals surface area contributed by atoms with E-state index < -0.39 is 11.8 Å². The zero-order chi connectivity index (χ0) is 14.6. The molecular weight excluding hydrogens is 276 g/mol. The van der Waals surface area contributed by atoms with E-state index in [4.69, 9.17) is 9.47 Å². The second kappa shape index (κ2) is 6.35. The van der Waals surface area contributed by atoms with E-state index in [1.165, 1.54) is 0 Å². The van der Waals surface area contributed by atoms with Crippen LogP contribution in [0.5, 0.6) is 0 Å². The summed E-state index contributed by atoms with van der Waals surface area (Å²) in [5, 5.41) is 10.6. The molecule has 1 heterocycles. The third kappa shape index (κ3) is 3.00. The van der Waals surface area contributed by atoms with Crippen molar-refractivity contribution in [3.05, 3.63) is 35.2 Å². The summed E-state index contributed by atoms with van der Waals surface area (Å²) < 4.78 is 12.0. The van der Waals surface area contributed by atoms with Gasteiger partial charge in [0.2, 0.25) is 0 Å². The number of rotatable bonds is 7. The van der Waals surface area contributed by atoms with E-state index in [1.807, 2.05) is 30.3 Å². The number of hydrogen-bond donors (Lipinski definition) is 1. The first-order valence-corrected chi connectivity index (χ1v) is 7.41. The lowest BCUT2D eigenvalue weighted by Crippen LogP contribution is -2.46. The summed E-state index contributed by atoms with van der Waals surface area (Å²) in [5.41, 5.74) is 0. The minimum Gasteiger partial charge on any atom is -0.477 e. The molecule has 0 saturated heterocycles. The van der Waals surface area contributed by atoms with Gasteiger partial charge in [0.25, 0.3) is 5.79 Å². The first-order chi connectivity index (χ1) is 9.61. The fraction of sp³-hybridized carbons (Fsp3) is 0.400. The van der Waals surface area contributed by atoms with E-state index in [-0.39, 0.29) is 19.6 Å². The van der Waals surface area contributed by atoms with Crippen LogP contribution in [-0.4, -0.2) is 30.1 Å². The second-order valence-corrected chi connectivity index (χ2v) is 5.52. The highest BCUT2D eigenvalue weighted by Gasteiger charge is 2.41. The molecule has 0 aliphatic rings. The summed E-state index contributed by atoms with van der Waals surface area (Å²) in [4.78, 5) is 12.5. The van der Waals surface area contributed by atoms with Crippen LogP contribution in [0.2, 0.25) is 0 Å². The van der Waals surface area contributed by atoms with Gasteiger partial charge in [0.05, 0.1) is 0 Å². The molecule has 0 spiro atoms. The Morgan fingerprint density at radius 3 is 2.45 bits per heavy atom. The normalized spacial score (nSPS) is 11.9. The topological polar surface area (TPSA) is 55.8 Å². The van der Waals surface area contributed by atoms with Crippen LogP contribution in [0.1, 0.15) is 18.7 Å². The Labute approximate surface area is 121 Å². The summed E-state index contributed by atoms with van der Waals surface area (Å²) in [6, 6.07) is 9.97. The molecule has 0 unspecified atom stereocenters. The van der Waals surface area contributed by atoms with Crippen LogP contribution in [0.4, 0.5) is 0 Å². The first-order valence-electron chi connectivity index (χ1n) is 6.60. The molecule has 0 fully saturated rings. The predicted octanol–water partition coefficient (Wildman–Crippen LogP) is 3.30. The molecule has 0 bridgehead atoms. The minimum absolute atomic E-state index is 0.212. The molecule has 2 rings (SSSR count). The van der Waals surface area contributed by atoms with Gasteiger partial charge in [-0.15, -0.1) is 11.3 Å². The van der Waals surface area contributed by atoms with Crippen LogP contribution in [0.25, 0.3) is 10.1 Å². The molecular formula is C15H18O4S. The van der Waals surface area contributed by atoms with Crippen molar-refractivity contribution >= 4 is 27.4 Å². The summed E-state index contributed by atoms with van der Waals surface area (Å²) in [7, 11) is 0. The Bertz CT molecular complexity index is 551. The lowest BCUT2D eigenvalue weighted by molar-refractivity contribution is -0.240. The zero-order valence-corrected chi connectivity index (χ0v) is 12.4. The quantitative estimate of drug-likeness (QED) is 0.796. The number of aliphatic carboxylic acids is 1. The molecule has 0 radical (unpaired) electrons. The molecule has 1 aromatic heterocycles. The van der Waals surface area contributed by atoms with Gasteiger partial charge in [0.15, 0.2) is 0 Å². The Morgan fingerprint density at radius 2 is 1.90 bits per heavy atom. The number of carboxylic acid groups (broad SMARTS) is 1. The maximum absolute atomic E-state index is 11.6. The Hall–Kier alpha value is -1.43. The van der Waals surface area contributed by atoms with E-state index in [0.717, 1.165) is 15.0 Å². The van der Waals surface area contributed by atoms with Gasteiger partial charge < -0.3 is 14.6 Å². The average molecular weight is 294 g/mol. The van der Waals surface area contributed by atoms with Gasteiger partial charge in [-0.2, -0.15) is 0 Å². The van der Waals surface area contributed by atoms with Crippen molar-refractivity contribution in [1.82, 2.24) is 0 Å². The monoisotopic (exact) mass is 294 g/mol. The molecule has 1 aromatic carbocycles. The number of hydrogen-bond acceptors (Lipinski definition) is 4. The molecule has 0 saturated carbocycles. The zero-order valence-electron chi connectivity index (χ0n) is 11.6. The van der Waals surface area contributed by atoms with Gasteiger partial charge >= 0.3 is 5.97 Å². The van der Waals surface area contributed by atoms with Crippen molar-refractivity contribution < 1.29 is 19.4 Å². The predicted molar refractivity (Wildman–Crippen MR) is 79.1 cm³/mol. The van der Waals surface area contributed by atoms with Crippen LogP contribution in [0, 0.1) is 0 Å². The maximum Gasteiger partial charge on any atom is 0.364 e. The number of thiophene rings is 1.